The van der Waals surface area contributed by atoms with Crippen LogP contribution in [0.5, 0.6) is 5.75 Å². The summed E-state index contributed by atoms with van der Waals surface area (Å²) in [6, 6.07) is 21.7. The summed E-state index contributed by atoms with van der Waals surface area (Å²) in [5, 5.41) is 10.8. The number of alkyl halides is 1. The number of aromatic nitrogens is 2. The highest BCUT2D eigenvalue weighted by Crippen LogP contribution is 2.41. The van der Waals surface area contributed by atoms with Crippen molar-refractivity contribution in [3.05, 3.63) is 71.9 Å². The SMILES string of the molecule is CC.CCc1cc(N(c2ccc(-c3ccc4nc(SC)cnc4c3)cc2)C2CC2)cc(C#N)c1OCCCl. The highest BCUT2D eigenvalue weighted by molar-refractivity contribution is 7.98. The lowest BCUT2D eigenvalue weighted by molar-refractivity contribution is 0.338. The summed E-state index contributed by atoms with van der Waals surface area (Å²) in [4.78, 5) is 11.6. The molecule has 0 aliphatic heterocycles. The maximum Gasteiger partial charge on any atom is 0.140 e. The number of nitrogens with zero attached hydrogens (tertiary/aromatic N) is 4. The number of rotatable bonds is 9. The molecule has 0 N–H and O–H groups in total. The smallest absolute Gasteiger partial charge is 0.140 e. The number of fused-ring (bicyclic) bond motifs is 1. The third-order valence-corrected chi connectivity index (χ3v) is 7.14. The molecule has 0 radical (unpaired) electrons. The number of thioether (sulfide) groups is 1. The zero-order valence-corrected chi connectivity index (χ0v) is 23.9. The maximum absolute atomic E-state index is 9.84. The summed E-state index contributed by atoms with van der Waals surface area (Å²) >= 11 is 7.42. The topological polar surface area (TPSA) is 62.0 Å². The molecule has 3 aromatic carbocycles. The Morgan fingerprint density at radius 3 is 2.39 bits per heavy atom. The molecule has 0 atom stereocenters. The first kappa shape index (κ1) is 27.8. The number of hydrogen-bond acceptors (Lipinski definition) is 6. The van der Waals surface area contributed by atoms with E-state index in [1.54, 1.807) is 11.8 Å². The molecule has 38 heavy (non-hydrogen) atoms. The van der Waals surface area contributed by atoms with E-state index in [9.17, 15) is 5.26 Å². The molecular weight excluding hydrogens is 512 g/mol. The Bertz CT molecular complexity index is 1430. The van der Waals surface area contributed by atoms with Gasteiger partial charge >= 0.3 is 0 Å². The van der Waals surface area contributed by atoms with E-state index in [1.165, 1.54) is 0 Å². The Hall–Kier alpha value is -3.27. The van der Waals surface area contributed by atoms with Crippen molar-refractivity contribution < 1.29 is 4.74 Å². The van der Waals surface area contributed by atoms with Crippen LogP contribution in [0.25, 0.3) is 22.2 Å². The van der Waals surface area contributed by atoms with Crippen molar-refractivity contribution in [3.63, 3.8) is 0 Å². The summed E-state index contributed by atoms with van der Waals surface area (Å²) in [5.41, 5.74) is 7.76. The van der Waals surface area contributed by atoms with Gasteiger partial charge < -0.3 is 9.64 Å². The van der Waals surface area contributed by atoms with E-state index < -0.39 is 0 Å². The highest BCUT2D eigenvalue weighted by atomic mass is 35.5. The van der Waals surface area contributed by atoms with Crippen molar-refractivity contribution in [3.8, 4) is 22.9 Å². The van der Waals surface area contributed by atoms with Crippen LogP contribution in [0.4, 0.5) is 11.4 Å². The number of nitriles is 1. The van der Waals surface area contributed by atoms with Gasteiger partial charge in [-0.1, -0.05) is 39.0 Å². The molecule has 4 aromatic rings. The Morgan fingerprint density at radius 1 is 1.03 bits per heavy atom. The molecule has 1 saturated carbocycles. The van der Waals surface area contributed by atoms with Crippen molar-refractivity contribution in [1.29, 1.82) is 5.26 Å². The molecule has 7 heteroatoms. The van der Waals surface area contributed by atoms with E-state index in [1.807, 2.05) is 38.4 Å². The number of halogens is 1. The molecule has 5 nitrogen and oxygen atoms in total. The Labute approximate surface area is 234 Å². The van der Waals surface area contributed by atoms with Gasteiger partial charge in [-0.05, 0) is 78.6 Å². The maximum atomic E-state index is 9.84. The van der Waals surface area contributed by atoms with Gasteiger partial charge in [0, 0.05) is 17.4 Å². The Balaban J connectivity index is 0.00000164. The van der Waals surface area contributed by atoms with Crippen LogP contribution in [0, 0.1) is 11.3 Å². The van der Waals surface area contributed by atoms with Gasteiger partial charge in [-0.2, -0.15) is 5.26 Å². The second kappa shape index (κ2) is 13.0. The van der Waals surface area contributed by atoms with Gasteiger partial charge in [0.1, 0.15) is 23.5 Å². The predicted molar refractivity (Wildman–Crippen MR) is 160 cm³/mol. The molecule has 1 aliphatic carbocycles. The van der Waals surface area contributed by atoms with Crippen LogP contribution in [0.15, 0.2) is 65.8 Å². The monoisotopic (exact) mass is 544 g/mol. The van der Waals surface area contributed by atoms with Gasteiger partial charge in [0.25, 0.3) is 0 Å². The highest BCUT2D eigenvalue weighted by Gasteiger charge is 2.31. The second-order valence-corrected chi connectivity index (χ2v) is 9.95. The van der Waals surface area contributed by atoms with Crippen LogP contribution >= 0.6 is 23.4 Å². The molecule has 1 fully saturated rings. The summed E-state index contributed by atoms with van der Waals surface area (Å²) < 4.78 is 5.84. The largest absolute Gasteiger partial charge is 0.491 e. The summed E-state index contributed by atoms with van der Waals surface area (Å²) in [6.07, 6.45) is 6.87. The van der Waals surface area contributed by atoms with Gasteiger partial charge in [0.05, 0.1) is 28.7 Å². The average molecular weight is 545 g/mol. The first-order valence-corrected chi connectivity index (χ1v) is 14.9. The normalized spacial score (nSPS) is 12.4. The predicted octanol–water partition coefficient (Wildman–Crippen LogP) is 8.40. The third-order valence-electron chi connectivity index (χ3n) is 6.37. The van der Waals surface area contributed by atoms with E-state index in [2.05, 4.69) is 70.3 Å². The van der Waals surface area contributed by atoms with Gasteiger partial charge in [0.2, 0.25) is 0 Å². The first-order chi connectivity index (χ1) is 18.6. The van der Waals surface area contributed by atoms with Crippen molar-refractivity contribution in [2.24, 2.45) is 0 Å². The fourth-order valence-corrected chi connectivity index (χ4v) is 4.88. The van der Waals surface area contributed by atoms with Crippen LogP contribution in [0.2, 0.25) is 0 Å². The minimum Gasteiger partial charge on any atom is -0.491 e. The standard InChI is InChI=1S/C29H27ClN4OS.C2H6/c1-3-19-14-25(15-22(17-31)29(19)35-13-12-30)34(24-9-10-24)23-7-4-20(5-8-23)21-6-11-26-27(16-21)32-18-28(33-26)36-2;1-2/h4-8,11,14-16,18,24H,3,9-10,12-13H2,1-2H3;1-2H3. The molecule has 5 rings (SSSR count). The van der Waals surface area contributed by atoms with Crippen LogP contribution in [0.1, 0.15) is 44.7 Å². The van der Waals surface area contributed by atoms with Crippen LogP contribution in [-0.2, 0) is 6.42 Å². The summed E-state index contributed by atoms with van der Waals surface area (Å²) in [7, 11) is 0. The Morgan fingerprint density at radius 2 is 1.76 bits per heavy atom. The lowest BCUT2D eigenvalue weighted by Crippen LogP contribution is -2.20. The molecule has 0 saturated heterocycles. The van der Waals surface area contributed by atoms with Crippen LogP contribution in [-0.4, -0.2) is 34.8 Å². The minimum atomic E-state index is 0.384. The van der Waals surface area contributed by atoms with Crippen LogP contribution < -0.4 is 9.64 Å². The van der Waals surface area contributed by atoms with E-state index in [-0.39, 0.29) is 0 Å². The second-order valence-electron chi connectivity index (χ2n) is 8.75. The molecule has 1 aromatic heterocycles. The lowest BCUT2D eigenvalue weighted by Gasteiger charge is -2.27. The van der Waals surface area contributed by atoms with E-state index in [0.717, 1.165) is 63.4 Å². The van der Waals surface area contributed by atoms with Crippen LogP contribution in [0.3, 0.4) is 0 Å². The zero-order valence-electron chi connectivity index (χ0n) is 22.4. The van der Waals surface area contributed by atoms with Gasteiger partial charge in [-0.25, -0.2) is 4.98 Å². The number of anilines is 2. The van der Waals surface area contributed by atoms with E-state index in [0.29, 0.717) is 29.8 Å². The molecule has 0 amide bonds. The van der Waals surface area contributed by atoms with Crippen molar-refractivity contribution in [1.82, 2.24) is 9.97 Å². The van der Waals surface area contributed by atoms with E-state index in [4.69, 9.17) is 16.3 Å². The average Bonchev–Trinajstić information content (AvgIpc) is 3.82. The van der Waals surface area contributed by atoms with Crippen molar-refractivity contribution in [2.45, 2.75) is 51.1 Å². The molecule has 1 heterocycles. The fourth-order valence-electron chi connectivity index (χ4n) is 4.46. The fraction of sp³-hybridized carbons (Fsp3) is 0.323. The Kier molecular flexibility index (Phi) is 9.49. The summed E-state index contributed by atoms with van der Waals surface area (Å²) in [6.45, 7) is 6.47. The number of aryl methyl sites for hydroxylation is 1. The molecule has 0 spiro atoms. The molecular formula is C31H33ClN4OS. The molecule has 0 bridgehead atoms. The van der Waals surface area contributed by atoms with Gasteiger partial charge in [-0.15, -0.1) is 23.4 Å². The van der Waals surface area contributed by atoms with Crippen molar-refractivity contribution in [2.75, 3.05) is 23.6 Å². The molecule has 0 unspecified atom stereocenters. The van der Waals surface area contributed by atoms with Gasteiger partial charge in [-0.3, -0.25) is 4.98 Å². The molecule has 196 valence electrons. The number of hydrogen-bond donors (Lipinski definition) is 0. The summed E-state index contributed by atoms with van der Waals surface area (Å²) in [5.74, 6) is 1.04. The number of ether oxygens (including phenoxy) is 1. The minimum absolute atomic E-state index is 0.384. The molecule has 1 aliphatic rings. The quantitative estimate of drug-likeness (QED) is 0.156. The first-order valence-electron chi connectivity index (χ1n) is 13.1. The lowest BCUT2D eigenvalue weighted by atomic mass is 10.0. The third kappa shape index (κ3) is 6.06. The van der Waals surface area contributed by atoms with Crippen molar-refractivity contribution >= 4 is 45.8 Å². The van der Waals surface area contributed by atoms with E-state index >= 15 is 0 Å². The van der Waals surface area contributed by atoms with Gasteiger partial charge in [0.15, 0.2) is 0 Å². The zero-order chi connectivity index (χ0) is 27.1. The number of benzene rings is 3.